The van der Waals surface area contributed by atoms with E-state index >= 15 is 0 Å². The highest BCUT2D eigenvalue weighted by atomic mass is 32.2. The quantitative estimate of drug-likeness (QED) is 0.673. The van der Waals surface area contributed by atoms with Crippen molar-refractivity contribution in [2.24, 2.45) is 5.92 Å². The normalized spacial score (nSPS) is 18.7. The molecule has 3 rings (SSSR count). The number of nitrogens with zero attached hydrogens (tertiary/aromatic N) is 3. The lowest BCUT2D eigenvalue weighted by molar-refractivity contribution is -0.138. The number of sulfonamides is 1. The number of carbonyl (C=O) groups is 2. The number of amides is 2. The van der Waals surface area contributed by atoms with E-state index in [0.29, 0.717) is 64.5 Å². The van der Waals surface area contributed by atoms with E-state index < -0.39 is 10.0 Å². The third-order valence-electron chi connectivity index (χ3n) is 5.92. The summed E-state index contributed by atoms with van der Waals surface area (Å²) >= 11 is 0. The Kier molecular flexibility index (Phi) is 7.42. The van der Waals surface area contributed by atoms with E-state index in [4.69, 9.17) is 9.47 Å². The smallest absolute Gasteiger partial charge is 0.409 e. The Balaban J connectivity index is 1.55. The minimum Gasteiger partial charge on any atom is -0.496 e. The van der Waals surface area contributed by atoms with E-state index in [2.05, 4.69) is 0 Å². The third kappa shape index (κ3) is 5.12. The fraction of sp³-hybridized carbons (Fsp3) is 0.619. The van der Waals surface area contributed by atoms with E-state index in [1.165, 1.54) is 4.31 Å². The van der Waals surface area contributed by atoms with Crippen LogP contribution in [-0.2, 0) is 19.6 Å². The van der Waals surface area contributed by atoms with Gasteiger partial charge in [0.25, 0.3) is 0 Å². The van der Waals surface area contributed by atoms with E-state index in [-0.39, 0.29) is 22.8 Å². The molecule has 0 bridgehead atoms. The van der Waals surface area contributed by atoms with Crippen LogP contribution in [0.15, 0.2) is 23.1 Å². The molecule has 1 aromatic rings. The van der Waals surface area contributed by atoms with Crippen LogP contribution in [0.25, 0.3) is 0 Å². The summed E-state index contributed by atoms with van der Waals surface area (Å²) < 4.78 is 37.7. The molecule has 0 unspecified atom stereocenters. The lowest BCUT2D eigenvalue weighted by Gasteiger charge is -2.38. The van der Waals surface area contributed by atoms with Gasteiger partial charge in [-0.15, -0.1) is 0 Å². The fourth-order valence-corrected chi connectivity index (χ4v) is 5.64. The van der Waals surface area contributed by atoms with Crippen LogP contribution >= 0.6 is 0 Å². The number of methoxy groups -OCH3 is 1. The first kappa shape index (κ1) is 23.3. The molecule has 0 aromatic heterocycles. The average molecular weight is 454 g/mol. The zero-order chi connectivity index (χ0) is 22.6. The molecule has 10 heteroatoms. The average Bonchev–Trinajstić information content (AvgIpc) is 2.79. The summed E-state index contributed by atoms with van der Waals surface area (Å²) in [6.07, 6.45) is 0.637. The fourth-order valence-electron chi connectivity index (χ4n) is 4.09. The Morgan fingerprint density at radius 1 is 1.03 bits per heavy atom. The van der Waals surface area contributed by atoms with Gasteiger partial charge in [0.2, 0.25) is 15.9 Å². The van der Waals surface area contributed by atoms with Crippen molar-refractivity contribution >= 4 is 22.0 Å². The van der Waals surface area contributed by atoms with E-state index in [1.54, 1.807) is 42.0 Å². The minimum absolute atomic E-state index is 0.0425. The number of rotatable bonds is 5. The molecule has 172 valence electrons. The molecule has 1 aromatic carbocycles. The predicted octanol–water partition coefficient (Wildman–Crippen LogP) is 1.71. The molecule has 0 aliphatic carbocycles. The maximum absolute atomic E-state index is 13.0. The summed E-state index contributed by atoms with van der Waals surface area (Å²) in [4.78, 5) is 28.3. The Morgan fingerprint density at radius 2 is 1.65 bits per heavy atom. The van der Waals surface area contributed by atoms with Gasteiger partial charge >= 0.3 is 6.09 Å². The number of hydrogen-bond donors (Lipinski definition) is 0. The van der Waals surface area contributed by atoms with Gasteiger partial charge in [-0.05, 0) is 50.5 Å². The molecule has 2 fully saturated rings. The lowest BCUT2D eigenvalue weighted by Crippen LogP contribution is -2.53. The van der Waals surface area contributed by atoms with Crippen molar-refractivity contribution in [1.29, 1.82) is 0 Å². The van der Waals surface area contributed by atoms with Gasteiger partial charge in [0.15, 0.2) is 0 Å². The van der Waals surface area contributed by atoms with Crippen LogP contribution in [0.3, 0.4) is 0 Å². The van der Waals surface area contributed by atoms with Gasteiger partial charge in [-0.3, -0.25) is 4.79 Å². The second-order valence-electron chi connectivity index (χ2n) is 7.82. The van der Waals surface area contributed by atoms with Crippen LogP contribution in [0.1, 0.15) is 25.3 Å². The molecule has 0 radical (unpaired) electrons. The second kappa shape index (κ2) is 9.86. The van der Waals surface area contributed by atoms with Gasteiger partial charge in [0.05, 0.1) is 18.6 Å². The summed E-state index contributed by atoms with van der Waals surface area (Å²) in [6.45, 7) is 6.38. The topological polar surface area (TPSA) is 96.5 Å². The molecular formula is C21H31N3O6S. The Hall–Kier alpha value is -2.33. The molecule has 2 aliphatic heterocycles. The number of hydrogen-bond acceptors (Lipinski definition) is 6. The predicted molar refractivity (Wildman–Crippen MR) is 114 cm³/mol. The number of aryl methyl sites for hydroxylation is 1. The lowest BCUT2D eigenvalue weighted by atomic mass is 9.96. The Labute approximate surface area is 183 Å². The SMILES string of the molecule is CCOC(=O)N1CCN(C(=O)C2CCN(S(=O)(=O)c3ccc(OC)c(C)c3)CC2)CC1. The first-order valence-corrected chi connectivity index (χ1v) is 12.1. The first-order valence-electron chi connectivity index (χ1n) is 10.6. The van der Waals surface area contributed by atoms with Gasteiger partial charge in [-0.1, -0.05) is 0 Å². The van der Waals surface area contributed by atoms with Crippen LogP contribution in [0.2, 0.25) is 0 Å². The standard InChI is InChI=1S/C21H31N3O6S/c1-4-30-21(26)23-13-11-22(12-14-23)20(25)17-7-9-24(10-8-17)31(27,28)18-5-6-19(29-3)16(2)15-18/h5-6,15,17H,4,7-14H2,1-3H3. The molecular weight excluding hydrogens is 422 g/mol. The molecule has 0 atom stereocenters. The van der Waals surface area contributed by atoms with Gasteiger partial charge in [-0.25, -0.2) is 13.2 Å². The van der Waals surface area contributed by atoms with Crippen LogP contribution in [0.4, 0.5) is 4.79 Å². The summed E-state index contributed by atoms with van der Waals surface area (Å²) in [6, 6.07) is 4.84. The minimum atomic E-state index is -3.61. The Morgan fingerprint density at radius 3 is 2.19 bits per heavy atom. The monoisotopic (exact) mass is 453 g/mol. The van der Waals surface area contributed by atoms with Crippen LogP contribution in [0, 0.1) is 12.8 Å². The van der Waals surface area contributed by atoms with Crippen LogP contribution in [0.5, 0.6) is 5.75 Å². The molecule has 31 heavy (non-hydrogen) atoms. The summed E-state index contributed by atoms with van der Waals surface area (Å²) in [7, 11) is -2.06. The van der Waals surface area contributed by atoms with Crippen molar-refractivity contribution in [2.45, 2.75) is 31.6 Å². The number of benzene rings is 1. The highest BCUT2D eigenvalue weighted by Crippen LogP contribution is 2.28. The van der Waals surface area contributed by atoms with Gasteiger partial charge in [-0.2, -0.15) is 4.31 Å². The van der Waals surface area contributed by atoms with Crippen LogP contribution < -0.4 is 4.74 Å². The third-order valence-corrected chi connectivity index (χ3v) is 7.82. The van der Waals surface area contributed by atoms with E-state index in [0.717, 1.165) is 5.56 Å². The molecule has 2 aliphatic rings. The Bertz CT molecular complexity index is 904. The number of carbonyl (C=O) groups excluding carboxylic acids is 2. The zero-order valence-electron chi connectivity index (χ0n) is 18.4. The maximum atomic E-state index is 13.0. The molecule has 0 spiro atoms. The molecule has 2 saturated heterocycles. The van der Waals surface area contributed by atoms with E-state index in [9.17, 15) is 18.0 Å². The van der Waals surface area contributed by atoms with Crippen molar-refractivity contribution in [1.82, 2.24) is 14.1 Å². The molecule has 9 nitrogen and oxygen atoms in total. The summed E-state index contributed by atoms with van der Waals surface area (Å²) in [5.41, 5.74) is 0.760. The maximum Gasteiger partial charge on any atom is 0.409 e. The number of piperidine rings is 1. The van der Waals surface area contributed by atoms with Crippen molar-refractivity contribution in [2.75, 3.05) is 53.0 Å². The zero-order valence-corrected chi connectivity index (χ0v) is 19.2. The van der Waals surface area contributed by atoms with E-state index in [1.807, 2.05) is 6.92 Å². The molecule has 0 N–H and O–H groups in total. The van der Waals surface area contributed by atoms with Crippen molar-refractivity contribution < 1.29 is 27.5 Å². The summed E-state index contributed by atoms with van der Waals surface area (Å²) in [5.74, 6) is 0.491. The van der Waals surface area contributed by atoms with Crippen molar-refractivity contribution in [3.8, 4) is 5.75 Å². The first-order chi connectivity index (χ1) is 14.8. The largest absolute Gasteiger partial charge is 0.496 e. The second-order valence-corrected chi connectivity index (χ2v) is 9.76. The molecule has 0 saturated carbocycles. The highest BCUT2D eigenvalue weighted by molar-refractivity contribution is 7.89. The number of ether oxygens (including phenoxy) is 2. The van der Waals surface area contributed by atoms with Crippen LogP contribution in [-0.4, -0.2) is 87.5 Å². The van der Waals surface area contributed by atoms with Gasteiger partial charge < -0.3 is 19.3 Å². The van der Waals surface area contributed by atoms with Gasteiger partial charge in [0, 0.05) is 45.2 Å². The summed E-state index contributed by atoms with van der Waals surface area (Å²) in [5, 5.41) is 0. The molecule has 2 amide bonds. The van der Waals surface area contributed by atoms with Crippen molar-refractivity contribution in [3.05, 3.63) is 23.8 Å². The highest BCUT2D eigenvalue weighted by Gasteiger charge is 2.35. The van der Waals surface area contributed by atoms with Gasteiger partial charge in [0.1, 0.15) is 5.75 Å². The number of piperazine rings is 1. The molecule has 2 heterocycles. The van der Waals surface area contributed by atoms with Crippen molar-refractivity contribution in [3.63, 3.8) is 0 Å².